The van der Waals surface area contributed by atoms with Gasteiger partial charge in [0.2, 0.25) is 5.91 Å². The molecule has 0 bridgehead atoms. The molecule has 1 aromatic carbocycles. The van der Waals surface area contributed by atoms with Crippen molar-refractivity contribution in [1.82, 2.24) is 5.32 Å². The number of nitrogens with one attached hydrogen (secondary N) is 1. The van der Waals surface area contributed by atoms with Crippen LogP contribution in [0.3, 0.4) is 0 Å². The highest BCUT2D eigenvalue weighted by Crippen LogP contribution is 2.32. The average molecular weight is 562 g/mol. The second kappa shape index (κ2) is 13.4. The van der Waals surface area contributed by atoms with E-state index in [1.54, 1.807) is 4.90 Å². The van der Waals surface area contributed by atoms with Gasteiger partial charge in [0.1, 0.15) is 18.8 Å². The van der Waals surface area contributed by atoms with Crippen LogP contribution in [0.5, 0.6) is 0 Å². The van der Waals surface area contributed by atoms with E-state index in [0.29, 0.717) is 17.8 Å². The van der Waals surface area contributed by atoms with Crippen LogP contribution in [0.25, 0.3) is 0 Å². The maximum atomic E-state index is 13.4. The minimum absolute atomic E-state index is 0.0302. The molecule has 13 nitrogen and oxygen atoms in total. The number of nitrogens with zero attached hydrogens (tertiary/aromatic N) is 2. The second-order valence-electron chi connectivity index (χ2n) is 9.60. The highest BCUT2D eigenvalue weighted by Gasteiger charge is 2.52. The molecule has 0 aliphatic carbocycles. The van der Waals surface area contributed by atoms with Crippen molar-refractivity contribution in [2.75, 3.05) is 18.1 Å². The fourth-order valence-electron chi connectivity index (χ4n) is 4.54. The maximum absolute atomic E-state index is 13.4. The smallest absolute Gasteiger partial charge is 0.303 e. The maximum Gasteiger partial charge on any atom is 0.303 e. The summed E-state index contributed by atoms with van der Waals surface area (Å²) in [6, 6.07) is 4.34. The SMILES string of the molecule is CCCCN1C(=O)/C(=N\O[C@@H]2O[C@H](COC(C)=O)[C@H](OC(C)=O)[C@H](OC(C)=O)[C@@H]2NC(C)=O)c2cc(C)ccc21. The summed E-state index contributed by atoms with van der Waals surface area (Å²) in [5.74, 6) is -3.00. The van der Waals surface area contributed by atoms with Gasteiger partial charge < -0.3 is 34.0 Å². The van der Waals surface area contributed by atoms with E-state index in [2.05, 4.69) is 10.5 Å². The Hall–Kier alpha value is -4.00. The normalized spacial score (nSPS) is 24.8. The van der Waals surface area contributed by atoms with Crippen molar-refractivity contribution in [3.63, 3.8) is 0 Å². The summed E-state index contributed by atoms with van der Waals surface area (Å²) >= 11 is 0. The van der Waals surface area contributed by atoms with Gasteiger partial charge >= 0.3 is 17.9 Å². The molecule has 2 heterocycles. The first-order valence-corrected chi connectivity index (χ1v) is 13.0. The molecule has 2 aliphatic heterocycles. The van der Waals surface area contributed by atoms with E-state index < -0.39 is 54.5 Å². The number of fused-ring (bicyclic) bond motifs is 1. The summed E-state index contributed by atoms with van der Waals surface area (Å²) in [4.78, 5) is 68.3. The number of anilines is 1. The summed E-state index contributed by atoms with van der Waals surface area (Å²) < 4.78 is 21.9. The second-order valence-corrected chi connectivity index (χ2v) is 9.60. The third kappa shape index (κ3) is 7.34. The molecule has 1 saturated heterocycles. The fraction of sp³-hybridized carbons (Fsp3) is 0.556. The monoisotopic (exact) mass is 561 g/mol. The highest BCUT2D eigenvalue weighted by atomic mass is 16.8. The summed E-state index contributed by atoms with van der Waals surface area (Å²) in [7, 11) is 0. The van der Waals surface area contributed by atoms with E-state index >= 15 is 0 Å². The predicted molar refractivity (Wildman–Crippen MR) is 140 cm³/mol. The number of esters is 3. The van der Waals surface area contributed by atoms with Gasteiger partial charge in [-0.25, -0.2) is 0 Å². The van der Waals surface area contributed by atoms with Gasteiger partial charge in [-0.3, -0.25) is 24.0 Å². The molecule has 0 aromatic heterocycles. The Labute approximate surface area is 232 Å². The third-order valence-electron chi connectivity index (χ3n) is 6.20. The first kappa shape index (κ1) is 30.5. The lowest BCUT2D eigenvalue weighted by molar-refractivity contribution is -0.278. The quantitative estimate of drug-likeness (QED) is 0.252. The molecule has 0 radical (unpaired) electrons. The van der Waals surface area contributed by atoms with Crippen LogP contribution < -0.4 is 10.2 Å². The number of carbonyl (C=O) groups is 5. The molecule has 13 heteroatoms. The summed E-state index contributed by atoms with van der Waals surface area (Å²) in [5.41, 5.74) is 2.19. The molecule has 1 N–H and O–H groups in total. The third-order valence-corrected chi connectivity index (χ3v) is 6.20. The van der Waals surface area contributed by atoms with Crippen molar-refractivity contribution >= 4 is 41.1 Å². The molecule has 1 fully saturated rings. The zero-order valence-corrected chi connectivity index (χ0v) is 23.4. The van der Waals surface area contributed by atoms with E-state index in [9.17, 15) is 24.0 Å². The highest BCUT2D eigenvalue weighted by molar-refractivity contribution is 6.54. The van der Waals surface area contributed by atoms with Crippen LogP contribution in [-0.4, -0.2) is 79.2 Å². The van der Waals surface area contributed by atoms with Crippen LogP contribution in [0.4, 0.5) is 5.69 Å². The molecule has 3 rings (SSSR count). The molecule has 0 saturated carbocycles. The number of hydrogen-bond donors (Lipinski definition) is 1. The first-order valence-electron chi connectivity index (χ1n) is 13.0. The van der Waals surface area contributed by atoms with Gasteiger partial charge in [0.15, 0.2) is 17.9 Å². The predicted octanol–water partition coefficient (Wildman–Crippen LogP) is 1.52. The van der Waals surface area contributed by atoms with E-state index in [1.165, 1.54) is 13.8 Å². The number of carbonyl (C=O) groups excluding carboxylic acids is 5. The Balaban J connectivity index is 2.02. The topological polar surface area (TPSA) is 159 Å². The van der Waals surface area contributed by atoms with Gasteiger partial charge in [-0.05, 0) is 25.5 Å². The average Bonchev–Trinajstić information content (AvgIpc) is 3.11. The summed E-state index contributed by atoms with van der Waals surface area (Å²) in [6.07, 6.45) is -3.51. The molecule has 40 heavy (non-hydrogen) atoms. The lowest BCUT2D eigenvalue weighted by atomic mass is 9.96. The van der Waals surface area contributed by atoms with Crippen molar-refractivity contribution in [3.05, 3.63) is 29.3 Å². The van der Waals surface area contributed by atoms with Crippen LogP contribution in [0.15, 0.2) is 23.4 Å². The number of benzene rings is 1. The van der Waals surface area contributed by atoms with Crippen molar-refractivity contribution in [2.45, 2.75) is 85.0 Å². The largest absolute Gasteiger partial charge is 0.463 e. The number of aryl methyl sites for hydroxylation is 1. The van der Waals surface area contributed by atoms with Crippen LogP contribution in [-0.2, 0) is 47.8 Å². The van der Waals surface area contributed by atoms with Crippen molar-refractivity contribution in [1.29, 1.82) is 0 Å². The lowest BCUT2D eigenvalue weighted by Crippen LogP contribution is -2.66. The van der Waals surface area contributed by atoms with Crippen LogP contribution in [0.2, 0.25) is 0 Å². The Kier molecular flexibility index (Phi) is 10.2. The van der Waals surface area contributed by atoms with Crippen molar-refractivity contribution in [2.24, 2.45) is 5.16 Å². The Bertz CT molecular complexity index is 1180. The molecule has 2 aliphatic rings. The molecular weight excluding hydrogens is 526 g/mol. The fourth-order valence-corrected chi connectivity index (χ4v) is 4.54. The lowest BCUT2D eigenvalue weighted by Gasteiger charge is -2.43. The minimum Gasteiger partial charge on any atom is -0.463 e. The Morgan fingerprint density at radius 3 is 2.30 bits per heavy atom. The van der Waals surface area contributed by atoms with Crippen LogP contribution >= 0.6 is 0 Å². The van der Waals surface area contributed by atoms with Crippen LogP contribution in [0.1, 0.15) is 58.6 Å². The number of ether oxygens (including phenoxy) is 4. The molecule has 0 spiro atoms. The number of rotatable bonds is 10. The molecule has 218 valence electrons. The molecule has 0 unspecified atom stereocenters. The van der Waals surface area contributed by atoms with Gasteiger partial charge in [-0.2, -0.15) is 0 Å². The number of oxime groups is 1. The first-order chi connectivity index (χ1) is 18.9. The van der Waals surface area contributed by atoms with Gasteiger partial charge in [0, 0.05) is 39.8 Å². The standard InChI is InChI=1S/C27H35N3O10/c1-7-8-11-30-20-10-9-14(2)12-19(20)22(26(30)35)29-40-27-23(28-15(3)31)25(38-18(6)34)24(37-17(5)33)21(39-27)13-36-16(4)32/h9-10,12,21,23-25,27H,7-8,11,13H2,1-6H3,(H,28,31)/b29-22-/t21-,23+,24+,25-,27+/m1/s1. The number of unbranched alkanes of at least 4 members (excludes halogenated alkanes) is 1. The van der Waals surface area contributed by atoms with Gasteiger partial charge in [-0.15, -0.1) is 0 Å². The zero-order chi connectivity index (χ0) is 29.6. The van der Waals surface area contributed by atoms with Crippen LogP contribution in [0, 0.1) is 6.92 Å². The summed E-state index contributed by atoms with van der Waals surface area (Å²) in [5, 5.41) is 6.75. The minimum atomic E-state index is -1.43. The molecule has 2 amide bonds. The number of hydrogen-bond acceptors (Lipinski definition) is 11. The molecule has 5 atom stereocenters. The number of amides is 2. The van der Waals surface area contributed by atoms with E-state index in [4.69, 9.17) is 23.8 Å². The van der Waals surface area contributed by atoms with E-state index in [-0.39, 0.29) is 18.2 Å². The van der Waals surface area contributed by atoms with Gasteiger partial charge in [0.05, 0.1) is 5.69 Å². The van der Waals surface area contributed by atoms with E-state index in [0.717, 1.165) is 32.3 Å². The van der Waals surface area contributed by atoms with Gasteiger partial charge in [0.25, 0.3) is 12.2 Å². The zero-order valence-electron chi connectivity index (χ0n) is 23.4. The van der Waals surface area contributed by atoms with Crippen molar-refractivity contribution in [3.8, 4) is 0 Å². The Morgan fingerprint density at radius 1 is 1.02 bits per heavy atom. The molecule has 1 aromatic rings. The summed E-state index contributed by atoms with van der Waals surface area (Å²) in [6.45, 7) is 8.70. The molecular formula is C27H35N3O10. The van der Waals surface area contributed by atoms with Gasteiger partial charge in [-0.1, -0.05) is 30.1 Å². The Morgan fingerprint density at radius 2 is 1.70 bits per heavy atom. The van der Waals surface area contributed by atoms with Crippen molar-refractivity contribution < 1.29 is 47.8 Å². The van der Waals surface area contributed by atoms with E-state index in [1.807, 2.05) is 32.0 Å².